The second kappa shape index (κ2) is 12.1. The van der Waals surface area contributed by atoms with Crippen LogP contribution < -0.4 is 10.1 Å². The maximum atomic E-state index is 13.5. The normalized spacial score (nSPS) is 15.8. The van der Waals surface area contributed by atoms with Crippen LogP contribution in [0.1, 0.15) is 76.9 Å². The maximum Gasteiger partial charge on any atom is 0.269 e. The number of thiophene rings is 1. The Morgan fingerprint density at radius 3 is 2.63 bits per heavy atom. The molecule has 5 rings (SSSR count). The van der Waals surface area contributed by atoms with E-state index in [9.17, 15) is 14.9 Å². The molecule has 1 saturated carbocycles. The number of aryl methyl sites for hydroxylation is 1. The Bertz CT molecular complexity index is 1350. The fraction of sp³-hybridized carbons (Fsp3) is 0.379. The summed E-state index contributed by atoms with van der Waals surface area (Å²) in [5, 5.41) is 15.5. The predicted molar refractivity (Wildman–Crippen MR) is 151 cm³/mol. The zero-order valence-corrected chi connectivity index (χ0v) is 22.7. The van der Waals surface area contributed by atoms with Crippen LogP contribution in [-0.2, 0) is 19.4 Å². The summed E-state index contributed by atoms with van der Waals surface area (Å²) in [6.07, 6.45) is 11.5. The van der Waals surface area contributed by atoms with Gasteiger partial charge in [-0.1, -0.05) is 30.9 Å². The molecule has 9 heteroatoms. The summed E-state index contributed by atoms with van der Waals surface area (Å²) in [7, 11) is 0. The third-order valence-electron chi connectivity index (χ3n) is 7.15. The maximum absolute atomic E-state index is 13.5. The van der Waals surface area contributed by atoms with Crippen molar-refractivity contribution in [2.45, 2.75) is 70.4 Å². The topological polar surface area (TPSA) is 93.8 Å². The van der Waals surface area contributed by atoms with Crippen molar-refractivity contribution in [1.29, 1.82) is 0 Å². The van der Waals surface area contributed by atoms with E-state index >= 15 is 0 Å². The number of carbonyl (C=O) groups is 1. The van der Waals surface area contributed by atoms with E-state index in [-0.39, 0.29) is 24.2 Å². The van der Waals surface area contributed by atoms with Gasteiger partial charge >= 0.3 is 0 Å². The number of halogens is 1. The minimum Gasteiger partial charge on any atom is -0.488 e. The van der Waals surface area contributed by atoms with E-state index in [4.69, 9.17) is 21.3 Å². The lowest BCUT2D eigenvalue weighted by Crippen LogP contribution is -2.36. The Morgan fingerprint density at radius 1 is 1.11 bits per heavy atom. The van der Waals surface area contributed by atoms with Gasteiger partial charge in [0.25, 0.3) is 11.6 Å². The molecule has 1 N–H and O–H groups in total. The van der Waals surface area contributed by atoms with Gasteiger partial charge in [0.15, 0.2) is 0 Å². The van der Waals surface area contributed by atoms with Gasteiger partial charge in [0.2, 0.25) is 0 Å². The molecule has 2 aliphatic rings. The van der Waals surface area contributed by atoms with E-state index in [1.54, 1.807) is 47.9 Å². The van der Waals surface area contributed by atoms with Crippen LogP contribution >= 0.6 is 22.9 Å². The lowest BCUT2D eigenvalue weighted by molar-refractivity contribution is -0.384. The first-order chi connectivity index (χ1) is 18.5. The number of nitro benzene ring substituents is 1. The molecule has 0 spiro atoms. The number of nitrogens with zero attached hydrogens (tertiary/aromatic N) is 2. The molecule has 1 heterocycles. The average molecular weight is 552 g/mol. The summed E-state index contributed by atoms with van der Waals surface area (Å²) in [5.41, 5.74) is 3.42. The Balaban J connectivity index is 1.38. The van der Waals surface area contributed by atoms with Crippen LogP contribution in [0.2, 0.25) is 5.02 Å². The quantitative estimate of drug-likeness (QED) is 0.177. The predicted octanol–water partition coefficient (Wildman–Crippen LogP) is 7.58. The number of ether oxygens (including phenoxy) is 1. The van der Waals surface area contributed by atoms with Crippen LogP contribution in [0.4, 0.5) is 10.7 Å². The largest absolute Gasteiger partial charge is 0.488 e. The molecule has 0 saturated heterocycles. The minimum atomic E-state index is -0.426. The smallest absolute Gasteiger partial charge is 0.269 e. The number of hydrogen-bond donors (Lipinski definition) is 1. The van der Waals surface area contributed by atoms with Crippen molar-refractivity contribution in [2.75, 3.05) is 0 Å². The highest BCUT2D eigenvalue weighted by molar-refractivity contribution is 7.16. The van der Waals surface area contributed by atoms with E-state index in [0.29, 0.717) is 16.3 Å². The number of benzene rings is 2. The third kappa shape index (κ3) is 6.25. The number of carbonyl (C=O) groups excluding carboxylic acids is 1. The number of fused-ring (bicyclic) bond motifs is 1. The number of amides is 1. The van der Waals surface area contributed by atoms with E-state index in [1.165, 1.54) is 23.4 Å². The molecule has 198 valence electrons. The molecule has 1 amide bonds. The third-order valence-corrected chi connectivity index (χ3v) is 8.59. The highest BCUT2D eigenvalue weighted by Crippen LogP contribution is 2.40. The number of rotatable bonds is 8. The van der Waals surface area contributed by atoms with Crippen LogP contribution in [0.3, 0.4) is 0 Å². The van der Waals surface area contributed by atoms with Crippen LogP contribution in [0.15, 0.2) is 47.5 Å². The Kier molecular flexibility index (Phi) is 8.39. The van der Waals surface area contributed by atoms with Gasteiger partial charge in [0.05, 0.1) is 10.5 Å². The van der Waals surface area contributed by atoms with Gasteiger partial charge in [-0.05, 0) is 80.0 Å². The van der Waals surface area contributed by atoms with E-state index in [0.717, 1.165) is 73.1 Å². The second-order valence-corrected chi connectivity index (χ2v) is 11.4. The minimum absolute atomic E-state index is 0.0100. The van der Waals surface area contributed by atoms with Gasteiger partial charge in [0.1, 0.15) is 17.4 Å². The Labute approximate surface area is 231 Å². The number of nitro groups is 1. The molecule has 0 aliphatic heterocycles. The first-order valence-electron chi connectivity index (χ1n) is 13.1. The summed E-state index contributed by atoms with van der Waals surface area (Å²) in [6, 6.07) is 11.8. The first kappa shape index (κ1) is 26.4. The van der Waals surface area contributed by atoms with Gasteiger partial charge in [-0.2, -0.15) is 0 Å². The Morgan fingerprint density at radius 2 is 1.87 bits per heavy atom. The van der Waals surface area contributed by atoms with Gasteiger partial charge in [-0.3, -0.25) is 14.9 Å². The molecule has 0 atom stereocenters. The molecule has 0 radical (unpaired) electrons. The van der Waals surface area contributed by atoms with Gasteiger partial charge in [-0.15, -0.1) is 11.3 Å². The molecule has 0 bridgehead atoms. The van der Waals surface area contributed by atoms with Gasteiger partial charge in [-0.25, -0.2) is 4.99 Å². The molecule has 2 aliphatic carbocycles. The van der Waals surface area contributed by atoms with Gasteiger partial charge in [0, 0.05) is 39.9 Å². The highest BCUT2D eigenvalue weighted by Gasteiger charge is 2.27. The summed E-state index contributed by atoms with van der Waals surface area (Å²) in [6.45, 7) is 0.239. The van der Waals surface area contributed by atoms with Crippen molar-refractivity contribution in [3.63, 3.8) is 0 Å². The van der Waals surface area contributed by atoms with Crippen LogP contribution in [0.25, 0.3) is 0 Å². The standard InChI is InChI=1S/C29H30ClN3O4S/c30-21-12-15-25(37-18-19-10-13-23(14-11-19)33(35)36)20(16-21)17-31-29-27(24-8-4-5-9-26(24)38-29)28(34)32-22-6-2-1-3-7-22/h10-17,22H,1-9,18H2,(H,32,34). The first-order valence-corrected chi connectivity index (χ1v) is 14.3. The Hall–Kier alpha value is -3.23. The highest BCUT2D eigenvalue weighted by atomic mass is 35.5. The molecule has 38 heavy (non-hydrogen) atoms. The molecular formula is C29H30ClN3O4S. The number of aliphatic imine (C=N–C) groups is 1. The van der Waals surface area contributed by atoms with Crippen molar-refractivity contribution in [2.24, 2.45) is 4.99 Å². The molecule has 7 nitrogen and oxygen atoms in total. The summed E-state index contributed by atoms with van der Waals surface area (Å²) < 4.78 is 6.03. The van der Waals surface area contributed by atoms with Crippen molar-refractivity contribution in [3.8, 4) is 5.75 Å². The molecule has 0 unspecified atom stereocenters. The fourth-order valence-corrected chi connectivity index (χ4v) is 6.55. The van der Waals surface area contributed by atoms with Crippen LogP contribution in [0.5, 0.6) is 5.75 Å². The lowest BCUT2D eigenvalue weighted by Gasteiger charge is -2.23. The van der Waals surface area contributed by atoms with Crippen molar-refractivity contribution < 1.29 is 14.5 Å². The molecule has 1 fully saturated rings. The fourth-order valence-electron chi connectivity index (χ4n) is 5.14. The SMILES string of the molecule is O=C(NC1CCCCC1)c1c(N=Cc2cc(Cl)ccc2OCc2ccc([N+](=O)[O-])cc2)sc2c1CCCC2. The number of hydrogen-bond acceptors (Lipinski definition) is 6. The average Bonchev–Trinajstić information content (AvgIpc) is 3.30. The van der Waals surface area contributed by atoms with Crippen molar-refractivity contribution in [1.82, 2.24) is 5.32 Å². The summed E-state index contributed by atoms with van der Waals surface area (Å²) in [4.78, 5) is 30.0. The zero-order valence-electron chi connectivity index (χ0n) is 21.1. The lowest BCUT2D eigenvalue weighted by atomic mass is 9.93. The van der Waals surface area contributed by atoms with Crippen molar-refractivity contribution in [3.05, 3.63) is 84.7 Å². The van der Waals surface area contributed by atoms with Crippen LogP contribution in [-0.4, -0.2) is 23.1 Å². The van der Waals surface area contributed by atoms with E-state index in [2.05, 4.69) is 5.32 Å². The molecule has 2 aromatic carbocycles. The van der Waals surface area contributed by atoms with Crippen molar-refractivity contribution >= 4 is 45.7 Å². The van der Waals surface area contributed by atoms with Crippen LogP contribution in [0, 0.1) is 10.1 Å². The van der Waals surface area contributed by atoms with E-state index in [1.807, 2.05) is 0 Å². The molecule has 3 aromatic rings. The zero-order chi connectivity index (χ0) is 26.5. The van der Waals surface area contributed by atoms with E-state index < -0.39 is 4.92 Å². The second-order valence-electron chi connectivity index (χ2n) is 9.85. The summed E-state index contributed by atoms with van der Waals surface area (Å²) >= 11 is 7.90. The molecule has 1 aromatic heterocycles. The number of nitrogens with one attached hydrogen (secondary N) is 1. The number of non-ortho nitro benzene ring substituents is 1. The summed E-state index contributed by atoms with van der Waals surface area (Å²) in [5.74, 6) is 0.579. The molecular weight excluding hydrogens is 522 g/mol. The van der Waals surface area contributed by atoms with Gasteiger partial charge < -0.3 is 10.1 Å². The monoisotopic (exact) mass is 551 g/mol.